The van der Waals surface area contributed by atoms with E-state index in [1.165, 1.54) is 13.2 Å². The lowest BCUT2D eigenvalue weighted by molar-refractivity contribution is -0.135. The molecule has 0 rings (SSSR count). The quantitative estimate of drug-likeness (QED) is 0.400. The number of esters is 1. The molecule has 0 aromatic rings. The minimum atomic E-state index is -0.460. The normalized spacial score (nSPS) is 9.83. The lowest BCUT2D eigenvalue weighted by atomic mass is 10.3. The van der Waals surface area contributed by atoms with E-state index in [1.54, 1.807) is 6.08 Å². The molecule has 0 unspecified atom stereocenters. The van der Waals surface area contributed by atoms with Crippen LogP contribution in [-0.4, -0.2) is 13.1 Å². The topological polar surface area (TPSA) is 26.3 Å². The molecule has 4 heteroatoms. The number of carbonyl (C=O) groups excluding carboxylic acids is 1. The van der Waals surface area contributed by atoms with Crippen molar-refractivity contribution >= 4 is 27.6 Å². The molecule has 66 valence electrons. The lowest BCUT2D eigenvalue weighted by Crippen LogP contribution is -2.00. The Kier molecular flexibility index (Phi) is 5.58. The Bertz CT molecular complexity index is 233. The number of hydrogen-bond acceptors (Lipinski definition) is 3. The van der Waals surface area contributed by atoms with Crippen LogP contribution in [0.5, 0.6) is 0 Å². The number of ether oxygens (including phenoxy) is 1. The third-order valence-electron chi connectivity index (χ3n) is 1.02. The van der Waals surface area contributed by atoms with Crippen molar-refractivity contribution in [3.8, 4) is 0 Å². The van der Waals surface area contributed by atoms with E-state index >= 15 is 0 Å². The molecule has 0 aliphatic heterocycles. The van der Waals surface area contributed by atoms with Crippen LogP contribution in [0.1, 0.15) is 0 Å². The maximum atomic E-state index is 10.8. The lowest BCUT2D eigenvalue weighted by Gasteiger charge is -1.95. The summed E-state index contributed by atoms with van der Waals surface area (Å²) >= 11 is 0. The molecule has 0 saturated carbocycles. The van der Waals surface area contributed by atoms with E-state index < -0.39 is 5.97 Å². The second kappa shape index (κ2) is 5.91. The van der Waals surface area contributed by atoms with Gasteiger partial charge in [-0.15, -0.1) is 0 Å². The molecule has 2 nitrogen and oxygen atoms in total. The first-order valence-corrected chi connectivity index (χ1v) is 4.69. The van der Waals surface area contributed by atoms with E-state index in [0.717, 1.165) is 11.0 Å². The molecule has 0 atom stereocenters. The molecule has 0 aliphatic carbocycles. The van der Waals surface area contributed by atoms with Crippen molar-refractivity contribution in [1.29, 1.82) is 0 Å². The van der Waals surface area contributed by atoms with Crippen molar-refractivity contribution in [2.45, 2.75) is 0 Å². The fourth-order valence-corrected chi connectivity index (χ4v) is 0.692. The van der Waals surface area contributed by atoms with E-state index in [4.69, 9.17) is 10.7 Å². The van der Waals surface area contributed by atoms with Crippen LogP contribution < -0.4 is 0 Å². The van der Waals surface area contributed by atoms with Gasteiger partial charge in [0.2, 0.25) is 0 Å². The van der Waals surface area contributed by atoms with Gasteiger partial charge in [0, 0.05) is 4.91 Å². The first kappa shape index (κ1) is 11.3. The number of allylic oxidation sites excluding steroid dienone is 1. The van der Waals surface area contributed by atoms with Crippen molar-refractivity contribution < 1.29 is 9.53 Å². The standard InChI is InChI=1S/C8H9ClO2S/c1-6(8(10)11-3)4-5-7(2)12-9/h4-5H,1-2H2,3H3/b5-4-. The van der Waals surface area contributed by atoms with Crippen molar-refractivity contribution in [3.05, 3.63) is 35.8 Å². The Balaban J connectivity index is 4.09. The van der Waals surface area contributed by atoms with E-state index in [0.29, 0.717) is 4.91 Å². The summed E-state index contributed by atoms with van der Waals surface area (Å²) < 4.78 is 4.42. The van der Waals surface area contributed by atoms with E-state index in [2.05, 4.69) is 17.9 Å². The van der Waals surface area contributed by atoms with Crippen LogP contribution in [0, 0.1) is 0 Å². The minimum Gasteiger partial charge on any atom is -0.465 e. The SMILES string of the molecule is C=C(/C=C\C(=C)C(=O)OC)SCl. The van der Waals surface area contributed by atoms with Gasteiger partial charge in [-0.25, -0.2) is 4.79 Å². The van der Waals surface area contributed by atoms with Crippen LogP contribution in [0.4, 0.5) is 0 Å². The zero-order chi connectivity index (χ0) is 9.56. The largest absolute Gasteiger partial charge is 0.465 e. The second-order valence-corrected chi connectivity index (χ2v) is 3.04. The molecule has 0 spiro atoms. The number of methoxy groups -OCH3 is 1. The number of hydrogen-bond donors (Lipinski definition) is 0. The third kappa shape index (κ3) is 4.26. The zero-order valence-electron chi connectivity index (χ0n) is 6.67. The summed E-state index contributed by atoms with van der Waals surface area (Å²) in [6, 6.07) is 0. The number of rotatable bonds is 4. The Morgan fingerprint density at radius 3 is 2.50 bits per heavy atom. The summed E-state index contributed by atoms with van der Waals surface area (Å²) in [5, 5.41) is 0. The van der Waals surface area contributed by atoms with Crippen LogP contribution in [0.25, 0.3) is 0 Å². The van der Waals surface area contributed by atoms with Gasteiger partial charge in [0.05, 0.1) is 12.7 Å². The maximum absolute atomic E-state index is 10.8. The molecule has 0 N–H and O–H groups in total. The average Bonchev–Trinajstić information content (AvgIpc) is 2.11. The second-order valence-electron chi connectivity index (χ2n) is 1.89. The minimum absolute atomic E-state index is 0.268. The van der Waals surface area contributed by atoms with Crippen molar-refractivity contribution in [3.63, 3.8) is 0 Å². The predicted molar refractivity (Wildman–Crippen MR) is 52.9 cm³/mol. The van der Waals surface area contributed by atoms with Crippen LogP contribution in [-0.2, 0) is 9.53 Å². The van der Waals surface area contributed by atoms with Gasteiger partial charge >= 0.3 is 5.97 Å². The highest BCUT2D eigenvalue weighted by Crippen LogP contribution is 2.19. The highest BCUT2D eigenvalue weighted by molar-refractivity contribution is 8.24. The van der Waals surface area contributed by atoms with Gasteiger partial charge in [0.15, 0.2) is 0 Å². The van der Waals surface area contributed by atoms with Gasteiger partial charge in [0.25, 0.3) is 0 Å². The molecular formula is C8H9ClO2S. The smallest absolute Gasteiger partial charge is 0.337 e. The molecule has 0 fully saturated rings. The summed E-state index contributed by atoms with van der Waals surface area (Å²) in [6.45, 7) is 7.06. The fraction of sp³-hybridized carbons (Fsp3) is 0.125. The van der Waals surface area contributed by atoms with Gasteiger partial charge in [0.1, 0.15) is 0 Å². The summed E-state index contributed by atoms with van der Waals surface area (Å²) in [6.07, 6.45) is 3.10. The molecule has 0 radical (unpaired) electrons. The van der Waals surface area contributed by atoms with Gasteiger partial charge in [-0.2, -0.15) is 0 Å². The predicted octanol–water partition coefficient (Wildman–Crippen LogP) is 2.67. The molecule has 12 heavy (non-hydrogen) atoms. The molecule has 0 amide bonds. The van der Waals surface area contributed by atoms with Gasteiger partial charge in [-0.3, -0.25) is 0 Å². The van der Waals surface area contributed by atoms with Crippen LogP contribution >= 0.6 is 21.7 Å². The highest BCUT2D eigenvalue weighted by Gasteiger charge is 2.00. The van der Waals surface area contributed by atoms with E-state index in [1.807, 2.05) is 0 Å². The van der Waals surface area contributed by atoms with Crippen molar-refractivity contribution in [1.82, 2.24) is 0 Å². The fourth-order valence-electron chi connectivity index (χ4n) is 0.418. The highest BCUT2D eigenvalue weighted by atomic mass is 35.7. The Morgan fingerprint density at radius 2 is 2.08 bits per heavy atom. The van der Waals surface area contributed by atoms with Crippen LogP contribution in [0.3, 0.4) is 0 Å². The molecule has 0 saturated heterocycles. The zero-order valence-corrected chi connectivity index (χ0v) is 8.24. The summed E-state index contributed by atoms with van der Waals surface area (Å²) in [7, 11) is 7.65. The van der Waals surface area contributed by atoms with E-state index in [9.17, 15) is 4.79 Å². The molecule has 0 aliphatic rings. The van der Waals surface area contributed by atoms with Gasteiger partial charge in [-0.05, 0) is 33.8 Å². The van der Waals surface area contributed by atoms with Gasteiger partial charge in [-0.1, -0.05) is 13.2 Å². The number of carbonyl (C=O) groups is 1. The molecule has 0 heterocycles. The Morgan fingerprint density at radius 1 is 1.50 bits per heavy atom. The maximum Gasteiger partial charge on any atom is 0.337 e. The van der Waals surface area contributed by atoms with Crippen molar-refractivity contribution in [2.75, 3.05) is 7.11 Å². The molecule has 0 aromatic carbocycles. The van der Waals surface area contributed by atoms with Crippen LogP contribution in [0.15, 0.2) is 35.8 Å². The summed E-state index contributed by atoms with van der Waals surface area (Å²) in [4.78, 5) is 11.4. The van der Waals surface area contributed by atoms with Crippen LogP contribution in [0.2, 0.25) is 0 Å². The van der Waals surface area contributed by atoms with E-state index in [-0.39, 0.29) is 5.57 Å². The molecular weight excluding hydrogens is 196 g/mol. The Labute approximate surface area is 80.4 Å². The first-order valence-electron chi connectivity index (χ1n) is 3.04. The summed E-state index contributed by atoms with van der Waals surface area (Å²) in [5.74, 6) is -0.460. The monoisotopic (exact) mass is 204 g/mol. The van der Waals surface area contributed by atoms with Gasteiger partial charge < -0.3 is 4.74 Å². The first-order chi connectivity index (χ1) is 5.61. The van der Waals surface area contributed by atoms with Crippen molar-refractivity contribution in [2.24, 2.45) is 0 Å². The summed E-state index contributed by atoms with van der Waals surface area (Å²) in [5.41, 5.74) is 0.268. The number of halogens is 1. The third-order valence-corrected chi connectivity index (χ3v) is 1.95. The average molecular weight is 205 g/mol. The Hall–Kier alpha value is -0.670. The molecule has 0 aromatic heterocycles. The molecule has 0 bridgehead atoms.